The van der Waals surface area contributed by atoms with Crippen LogP contribution in [0.2, 0.25) is 0 Å². The zero-order valence-corrected chi connectivity index (χ0v) is 22.6. The summed E-state index contributed by atoms with van der Waals surface area (Å²) in [6.07, 6.45) is 0. The Kier molecular flexibility index (Phi) is 3.99. The van der Waals surface area contributed by atoms with Crippen molar-refractivity contribution < 1.29 is 5.11 Å². The molecular formula is C40H23NO. The van der Waals surface area contributed by atoms with Crippen LogP contribution in [-0.2, 0) is 0 Å². The summed E-state index contributed by atoms with van der Waals surface area (Å²) in [6, 6.07) is 42.9. The number of nitrogen functional groups attached to an aromatic ring is 1. The van der Waals surface area contributed by atoms with Gasteiger partial charge in [0.05, 0.1) is 0 Å². The van der Waals surface area contributed by atoms with Crippen LogP contribution in [0, 0.1) is 0 Å². The van der Waals surface area contributed by atoms with Crippen molar-refractivity contribution in [3.63, 3.8) is 0 Å². The topological polar surface area (TPSA) is 46.2 Å². The van der Waals surface area contributed by atoms with E-state index < -0.39 is 0 Å². The van der Waals surface area contributed by atoms with Crippen LogP contribution in [0.25, 0.3) is 97.0 Å². The molecule has 10 aromatic carbocycles. The van der Waals surface area contributed by atoms with Gasteiger partial charge in [0.2, 0.25) is 0 Å². The van der Waals surface area contributed by atoms with Crippen molar-refractivity contribution in [2.24, 2.45) is 0 Å². The highest BCUT2D eigenvalue weighted by molar-refractivity contribution is 6.49. The molecule has 2 heteroatoms. The molecule has 0 amide bonds. The van der Waals surface area contributed by atoms with Crippen LogP contribution in [-0.4, -0.2) is 5.11 Å². The summed E-state index contributed by atoms with van der Waals surface area (Å²) in [6.45, 7) is 0. The molecule has 0 aliphatic heterocycles. The molecule has 0 bridgehead atoms. The van der Waals surface area contributed by atoms with Crippen LogP contribution in [0.4, 0.5) is 5.69 Å². The highest BCUT2D eigenvalue weighted by atomic mass is 16.3. The lowest BCUT2D eigenvalue weighted by Crippen LogP contribution is -1.95. The molecule has 10 rings (SSSR count). The highest BCUT2D eigenvalue weighted by Crippen LogP contribution is 2.52. The summed E-state index contributed by atoms with van der Waals surface area (Å²) in [7, 11) is 0. The normalized spacial score (nSPS) is 12.5. The number of benzene rings is 10. The Bertz CT molecular complexity index is 2430. The molecule has 0 radical (unpaired) electrons. The molecule has 10 aromatic rings. The number of anilines is 1. The average Bonchev–Trinajstić information content (AvgIpc) is 3.03. The number of hydrogen-bond acceptors (Lipinski definition) is 2. The quantitative estimate of drug-likeness (QED) is 0.116. The minimum absolute atomic E-state index is 0.275. The van der Waals surface area contributed by atoms with Gasteiger partial charge in [-0.3, -0.25) is 0 Å². The highest BCUT2D eigenvalue weighted by Gasteiger charge is 2.23. The van der Waals surface area contributed by atoms with E-state index in [4.69, 9.17) is 5.73 Å². The smallest absolute Gasteiger partial charge is 0.116 e. The van der Waals surface area contributed by atoms with Crippen LogP contribution in [0.5, 0.6) is 5.75 Å². The second kappa shape index (κ2) is 7.57. The van der Waals surface area contributed by atoms with Gasteiger partial charge in [0.15, 0.2) is 0 Å². The number of rotatable bonds is 0. The van der Waals surface area contributed by atoms with Crippen LogP contribution in [0.15, 0.2) is 121 Å². The van der Waals surface area contributed by atoms with E-state index in [2.05, 4.69) is 109 Å². The molecule has 42 heavy (non-hydrogen) atoms. The molecule has 0 saturated heterocycles. The fraction of sp³-hybridized carbons (Fsp3) is 0. The second-order valence-corrected chi connectivity index (χ2v) is 11.6. The van der Waals surface area contributed by atoms with Gasteiger partial charge in [0.25, 0.3) is 0 Å². The first-order valence-electron chi connectivity index (χ1n) is 14.4. The number of nitrogens with two attached hydrogens (primary N) is 1. The Morgan fingerprint density at radius 2 is 0.548 bits per heavy atom. The fourth-order valence-corrected chi connectivity index (χ4v) is 8.02. The van der Waals surface area contributed by atoms with E-state index in [-0.39, 0.29) is 5.75 Å². The van der Waals surface area contributed by atoms with Gasteiger partial charge in [-0.25, -0.2) is 0 Å². The molecule has 0 atom stereocenters. The Morgan fingerprint density at radius 3 is 0.857 bits per heavy atom. The van der Waals surface area contributed by atoms with Crippen molar-refractivity contribution in [3.05, 3.63) is 121 Å². The van der Waals surface area contributed by atoms with E-state index in [1.807, 2.05) is 12.1 Å². The summed E-state index contributed by atoms with van der Waals surface area (Å²) in [5, 5.41) is 32.6. The summed E-state index contributed by atoms with van der Waals surface area (Å²) >= 11 is 0. The van der Waals surface area contributed by atoms with Crippen molar-refractivity contribution in [2.75, 3.05) is 5.73 Å². The van der Waals surface area contributed by atoms with Gasteiger partial charge in [-0.2, -0.15) is 0 Å². The Morgan fingerprint density at radius 1 is 0.310 bits per heavy atom. The van der Waals surface area contributed by atoms with Crippen LogP contribution >= 0.6 is 0 Å². The van der Waals surface area contributed by atoms with Crippen molar-refractivity contribution in [2.45, 2.75) is 0 Å². The molecule has 194 valence electrons. The van der Waals surface area contributed by atoms with Gasteiger partial charge < -0.3 is 10.8 Å². The van der Waals surface area contributed by atoms with Crippen molar-refractivity contribution in [1.29, 1.82) is 0 Å². The van der Waals surface area contributed by atoms with E-state index in [0.717, 1.165) is 38.0 Å². The van der Waals surface area contributed by atoms with Gasteiger partial charge in [-0.1, -0.05) is 97.1 Å². The molecular weight excluding hydrogens is 510 g/mol. The minimum atomic E-state index is 0.275. The first kappa shape index (κ1) is 22.1. The standard InChI is InChI=1S/C40H23NO/c41-21-17-31-35-27-13-5-1-9-23(27)25-11-3-7-15-29(25)37(35)33-19-22(42)20-34-38-30-16-8-4-12-26(30)24-10-2-6-14-28(24)36(38)32(18-21)39(31)40(33)34/h1-20,42H,41H2. The number of fused-ring (bicyclic) bond motifs is 16. The predicted octanol–water partition coefficient (Wildman–Crippen LogP) is 10.8. The predicted molar refractivity (Wildman–Crippen MR) is 181 cm³/mol. The summed E-state index contributed by atoms with van der Waals surface area (Å²) in [5.41, 5.74) is 7.56. The summed E-state index contributed by atoms with van der Waals surface area (Å²) in [5.74, 6) is 0.275. The second-order valence-electron chi connectivity index (χ2n) is 11.6. The van der Waals surface area contributed by atoms with Crippen LogP contribution in [0.1, 0.15) is 0 Å². The van der Waals surface area contributed by atoms with Crippen molar-refractivity contribution >= 4 is 103 Å². The minimum Gasteiger partial charge on any atom is -0.508 e. The molecule has 0 unspecified atom stereocenters. The van der Waals surface area contributed by atoms with Crippen molar-refractivity contribution in [1.82, 2.24) is 0 Å². The third-order valence-corrected chi connectivity index (χ3v) is 9.48. The third-order valence-electron chi connectivity index (χ3n) is 9.48. The molecule has 0 aliphatic rings. The van der Waals surface area contributed by atoms with Gasteiger partial charge in [-0.05, 0) is 121 Å². The summed E-state index contributed by atoms with van der Waals surface area (Å²) < 4.78 is 0. The number of hydrogen-bond donors (Lipinski definition) is 2. The summed E-state index contributed by atoms with van der Waals surface area (Å²) in [4.78, 5) is 0. The lowest BCUT2D eigenvalue weighted by atomic mass is 9.81. The van der Waals surface area contributed by atoms with E-state index >= 15 is 0 Å². The Hall–Kier alpha value is -5.60. The molecule has 2 nitrogen and oxygen atoms in total. The van der Waals surface area contributed by atoms with Crippen LogP contribution < -0.4 is 5.73 Å². The molecule has 0 aliphatic carbocycles. The first-order valence-corrected chi connectivity index (χ1v) is 14.4. The van der Waals surface area contributed by atoms with E-state index in [0.29, 0.717) is 0 Å². The van der Waals surface area contributed by atoms with Gasteiger partial charge in [0, 0.05) is 5.69 Å². The molecule has 0 aromatic heterocycles. The number of phenols is 1. The molecule has 0 fully saturated rings. The lowest BCUT2D eigenvalue weighted by Gasteiger charge is -2.22. The number of aromatic hydroxyl groups is 1. The average molecular weight is 534 g/mol. The van der Waals surface area contributed by atoms with Crippen molar-refractivity contribution in [3.8, 4) is 5.75 Å². The zero-order chi connectivity index (χ0) is 27.7. The van der Waals surface area contributed by atoms with Gasteiger partial charge in [0.1, 0.15) is 5.75 Å². The maximum absolute atomic E-state index is 11.4. The third kappa shape index (κ3) is 2.56. The van der Waals surface area contributed by atoms with Gasteiger partial charge in [-0.15, -0.1) is 0 Å². The lowest BCUT2D eigenvalue weighted by molar-refractivity contribution is 0.477. The maximum atomic E-state index is 11.4. The molecule has 0 saturated carbocycles. The zero-order valence-electron chi connectivity index (χ0n) is 22.6. The number of phenolic OH excluding ortho intramolecular Hbond substituents is 1. The van der Waals surface area contributed by atoms with Crippen LogP contribution in [0.3, 0.4) is 0 Å². The fourth-order valence-electron chi connectivity index (χ4n) is 8.02. The SMILES string of the molecule is Nc1cc2c3c4ccccc4c4ccccc4c3c3cc(O)cc4c5c6ccccc6c6ccccc6c5c(c1)c2c34. The maximum Gasteiger partial charge on any atom is 0.116 e. The first-order chi connectivity index (χ1) is 20.7. The largest absolute Gasteiger partial charge is 0.508 e. The molecule has 0 heterocycles. The Balaban J connectivity index is 1.68. The van der Waals surface area contributed by atoms with Gasteiger partial charge >= 0.3 is 0 Å². The van der Waals surface area contributed by atoms with E-state index in [9.17, 15) is 5.11 Å². The molecule has 0 spiro atoms. The van der Waals surface area contributed by atoms with E-state index in [1.165, 1.54) is 64.6 Å². The van der Waals surface area contributed by atoms with E-state index in [1.54, 1.807) is 0 Å². The Labute approximate surface area is 240 Å². The molecule has 3 N–H and O–H groups in total. The monoisotopic (exact) mass is 533 g/mol.